The van der Waals surface area contributed by atoms with Gasteiger partial charge in [0, 0.05) is 6.04 Å². The standard InChI is InChI=1S/C14H19F3N2O2S.ClH/c15-14(16,17)11-5-7-12(8-6-11)22(20,21)19-13-4-2-1-3-10(13)9-18;/h5-8,10,13,19H,1-4,9,18H2;1H. The Morgan fingerprint density at radius 2 is 1.70 bits per heavy atom. The summed E-state index contributed by atoms with van der Waals surface area (Å²) in [6.07, 6.45) is -1.00. The van der Waals surface area contributed by atoms with Gasteiger partial charge in [0.1, 0.15) is 0 Å². The van der Waals surface area contributed by atoms with E-state index < -0.39 is 21.8 Å². The molecule has 2 rings (SSSR count). The number of hydrogen-bond acceptors (Lipinski definition) is 3. The van der Waals surface area contributed by atoms with E-state index in [2.05, 4.69) is 4.72 Å². The summed E-state index contributed by atoms with van der Waals surface area (Å²) in [4.78, 5) is -0.165. The molecule has 0 spiro atoms. The highest BCUT2D eigenvalue weighted by Crippen LogP contribution is 2.30. The highest BCUT2D eigenvalue weighted by atomic mass is 35.5. The van der Waals surface area contributed by atoms with Gasteiger partial charge in [0.2, 0.25) is 10.0 Å². The number of halogens is 4. The molecule has 2 atom stereocenters. The Labute approximate surface area is 140 Å². The average Bonchev–Trinajstić information content (AvgIpc) is 2.47. The third kappa shape index (κ3) is 5.07. The first-order valence-electron chi connectivity index (χ1n) is 7.13. The zero-order valence-electron chi connectivity index (χ0n) is 12.3. The Morgan fingerprint density at radius 1 is 1.13 bits per heavy atom. The summed E-state index contributed by atoms with van der Waals surface area (Å²) in [5, 5.41) is 0. The first-order chi connectivity index (χ1) is 10.2. The molecule has 0 saturated heterocycles. The molecule has 1 aliphatic carbocycles. The quantitative estimate of drug-likeness (QED) is 0.853. The summed E-state index contributed by atoms with van der Waals surface area (Å²) in [5.41, 5.74) is 4.79. The van der Waals surface area contributed by atoms with Crippen molar-refractivity contribution in [3.63, 3.8) is 0 Å². The molecule has 0 aliphatic heterocycles. The number of hydrogen-bond donors (Lipinski definition) is 2. The number of alkyl halides is 3. The maximum atomic E-state index is 12.5. The monoisotopic (exact) mass is 372 g/mol. The Hall–Kier alpha value is -0.830. The molecule has 0 heterocycles. The van der Waals surface area contributed by atoms with Gasteiger partial charge in [-0.1, -0.05) is 12.8 Å². The zero-order valence-corrected chi connectivity index (χ0v) is 14.0. The minimum atomic E-state index is -4.48. The Kier molecular flexibility index (Phi) is 6.88. The van der Waals surface area contributed by atoms with Crippen LogP contribution in [-0.2, 0) is 16.2 Å². The second-order valence-electron chi connectivity index (χ2n) is 5.53. The zero-order chi connectivity index (χ0) is 16.4. The highest BCUT2D eigenvalue weighted by molar-refractivity contribution is 7.89. The lowest BCUT2D eigenvalue weighted by Gasteiger charge is -2.31. The van der Waals surface area contributed by atoms with Crippen molar-refractivity contribution < 1.29 is 21.6 Å². The van der Waals surface area contributed by atoms with E-state index >= 15 is 0 Å². The first kappa shape index (κ1) is 20.2. The lowest BCUT2D eigenvalue weighted by molar-refractivity contribution is -0.137. The molecular weight excluding hydrogens is 353 g/mol. The summed E-state index contributed by atoms with van der Waals surface area (Å²) in [6, 6.07) is 3.24. The van der Waals surface area contributed by atoms with E-state index in [0.29, 0.717) is 13.0 Å². The average molecular weight is 373 g/mol. The molecule has 23 heavy (non-hydrogen) atoms. The van der Waals surface area contributed by atoms with Crippen molar-refractivity contribution in [2.75, 3.05) is 6.54 Å². The summed E-state index contributed by atoms with van der Waals surface area (Å²) in [5.74, 6) is 0.0676. The van der Waals surface area contributed by atoms with Gasteiger partial charge in [0.25, 0.3) is 0 Å². The lowest BCUT2D eigenvalue weighted by Crippen LogP contribution is -2.44. The molecule has 9 heteroatoms. The molecule has 1 aromatic rings. The van der Waals surface area contributed by atoms with Gasteiger partial charge in [-0.15, -0.1) is 12.4 Å². The Morgan fingerprint density at radius 3 is 2.22 bits per heavy atom. The lowest BCUT2D eigenvalue weighted by atomic mass is 9.85. The van der Waals surface area contributed by atoms with Gasteiger partial charge in [-0.05, 0) is 49.6 Å². The van der Waals surface area contributed by atoms with Crippen molar-refractivity contribution >= 4 is 22.4 Å². The van der Waals surface area contributed by atoms with Crippen molar-refractivity contribution in [1.29, 1.82) is 0 Å². The van der Waals surface area contributed by atoms with Crippen LogP contribution in [0.1, 0.15) is 31.2 Å². The molecule has 0 bridgehead atoms. The van der Waals surface area contributed by atoms with Crippen LogP contribution in [0, 0.1) is 5.92 Å². The predicted molar refractivity (Wildman–Crippen MR) is 83.8 cm³/mol. The van der Waals surface area contributed by atoms with Crippen LogP contribution in [0.4, 0.5) is 13.2 Å². The van der Waals surface area contributed by atoms with Gasteiger partial charge in [-0.3, -0.25) is 0 Å². The third-order valence-electron chi connectivity index (χ3n) is 4.01. The fraction of sp³-hybridized carbons (Fsp3) is 0.571. The Bertz CT molecular complexity index is 605. The topological polar surface area (TPSA) is 72.2 Å². The summed E-state index contributed by atoms with van der Waals surface area (Å²) < 4.78 is 64.7. The molecule has 132 valence electrons. The number of nitrogens with one attached hydrogen (secondary N) is 1. The van der Waals surface area contributed by atoms with Gasteiger partial charge >= 0.3 is 6.18 Å². The van der Waals surface area contributed by atoms with E-state index in [1.165, 1.54) is 0 Å². The van der Waals surface area contributed by atoms with Crippen molar-refractivity contribution in [2.45, 2.75) is 42.8 Å². The van der Waals surface area contributed by atoms with Crippen molar-refractivity contribution in [3.8, 4) is 0 Å². The number of benzene rings is 1. The normalized spacial score (nSPS) is 22.4. The molecule has 1 saturated carbocycles. The van der Waals surface area contributed by atoms with Crippen molar-refractivity contribution in [2.24, 2.45) is 11.7 Å². The van der Waals surface area contributed by atoms with Gasteiger partial charge in [0.05, 0.1) is 10.5 Å². The third-order valence-corrected chi connectivity index (χ3v) is 5.52. The van der Waals surface area contributed by atoms with Crippen LogP contribution < -0.4 is 10.5 Å². The first-order valence-corrected chi connectivity index (χ1v) is 8.62. The van der Waals surface area contributed by atoms with Crippen molar-refractivity contribution in [3.05, 3.63) is 29.8 Å². The maximum absolute atomic E-state index is 12.5. The van der Waals surface area contributed by atoms with E-state index in [9.17, 15) is 21.6 Å². The van der Waals surface area contributed by atoms with Crippen LogP contribution in [0.25, 0.3) is 0 Å². The largest absolute Gasteiger partial charge is 0.416 e. The molecular formula is C14H20ClF3N2O2S. The molecule has 0 aromatic heterocycles. The van der Waals surface area contributed by atoms with Crippen LogP contribution >= 0.6 is 12.4 Å². The van der Waals surface area contributed by atoms with Crippen molar-refractivity contribution in [1.82, 2.24) is 4.72 Å². The number of sulfonamides is 1. The molecule has 1 fully saturated rings. The van der Waals surface area contributed by atoms with Gasteiger partial charge in [-0.2, -0.15) is 13.2 Å². The van der Waals surface area contributed by atoms with Crippen LogP contribution in [0.2, 0.25) is 0 Å². The van der Waals surface area contributed by atoms with Gasteiger partial charge in [0.15, 0.2) is 0 Å². The molecule has 1 aromatic carbocycles. The molecule has 2 unspecified atom stereocenters. The second-order valence-corrected chi connectivity index (χ2v) is 7.24. The summed E-state index contributed by atoms with van der Waals surface area (Å²) in [6.45, 7) is 0.389. The number of rotatable bonds is 4. The van der Waals surface area contributed by atoms with Crippen LogP contribution in [0.3, 0.4) is 0 Å². The SMILES string of the molecule is Cl.NCC1CCCCC1NS(=O)(=O)c1ccc(C(F)(F)F)cc1. The summed E-state index contributed by atoms with van der Waals surface area (Å²) in [7, 11) is -3.84. The predicted octanol–water partition coefficient (Wildman–Crippen LogP) is 2.92. The van der Waals surface area contributed by atoms with E-state index in [1.54, 1.807) is 0 Å². The highest BCUT2D eigenvalue weighted by Gasteiger charge is 2.32. The second kappa shape index (κ2) is 7.83. The fourth-order valence-electron chi connectivity index (χ4n) is 2.74. The molecule has 0 radical (unpaired) electrons. The van der Waals surface area contributed by atoms with Crippen LogP contribution in [-0.4, -0.2) is 21.0 Å². The molecule has 0 amide bonds. The smallest absolute Gasteiger partial charge is 0.330 e. The van der Waals surface area contributed by atoms with Crippen LogP contribution in [0.5, 0.6) is 0 Å². The molecule has 4 nitrogen and oxygen atoms in total. The Balaban J connectivity index is 0.00000264. The minimum absolute atomic E-state index is 0. The maximum Gasteiger partial charge on any atom is 0.416 e. The van der Waals surface area contributed by atoms with E-state index in [4.69, 9.17) is 5.73 Å². The van der Waals surface area contributed by atoms with Gasteiger partial charge in [-0.25, -0.2) is 13.1 Å². The summed E-state index contributed by atoms with van der Waals surface area (Å²) >= 11 is 0. The minimum Gasteiger partial charge on any atom is -0.330 e. The van der Waals surface area contributed by atoms with Gasteiger partial charge < -0.3 is 5.73 Å². The van der Waals surface area contributed by atoms with E-state index in [0.717, 1.165) is 43.5 Å². The fourth-order valence-corrected chi connectivity index (χ4v) is 4.07. The van der Waals surface area contributed by atoms with Crippen LogP contribution in [0.15, 0.2) is 29.2 Å². The van der Waals surface area contributed by atoms with E-state index in [-0.39, 0.29) is 29.3 Å². The molecule has 3 N–H and O–H groups in total. The molecule has 1 aliphatic rings. The number of nitrogens with two attached hydrogens (primary N) is 1. The van der Waals surface area contributed by atoms with E-state index in [1.807, 2.05) is 0 Å².